The van der Waals surface area contributed by atoms with Gasteiger partial charge in [0.1, 0.15) is 5.75 Å². The molecule has 0 aliphatic heterocycles. The van der Waals surface area contributed by atoms with Crippen LogP contribution in [0.2, 0.25) is 0 Å². The summed E-state index contributed by atoms with van der Waals surface area (Å²) in [5.41, 5.74) is 0.312. The molecule has 0 radical (unpaired) electrons. The maximum absolute atomic E-state index is 11.8. The van der Waals surface area contributed by atoms with Gasteiger partial charge < -0.3 is 15.2 Å². The highest BCUT2D eigenvalue weighted by atomic mass is 16.5. The number of nitrogens with one attached hydrogen (secondary N) is 1. The van der Waals surface area contributed by atoms with Gasteiger partial charge in [-0.05, 0) is 43.0 Å². The molecule has 114 valence electrons. The third kappa shape index (κ3) is 4.48. The molecule has 1 aliphatic rings. The fourth-order valence-corrected chi connectivity index (χ4v) is 2.59. The summed E-state index contributed by atoms with van der Waals surface area (Å²) in [7, 11) is 0. The van der Waals surface area contributed by atoms with E-state index >= 15 is 0 Å². The highest BCUT2D eigenvalue weighted by Gasteiger charge is 2.23. The van der Waals surface area contributed by atoms with Crippen LogP contribution in [-0.4, -0.2) is 29.6 Å². The number of carbonyl (C=O) groups excluding carboxylic acids is 2. The molecule has 1 aromatic rings. The topological polar surface area (TPSA) is 75.6 Å². The van der Waals surface area contributed by atoms with Crippen LogP contribution in [0.25, 0.3) is 0 Å². The average Bonchev–Trinajstić information content (AvgIpc) is 2.48. The molecule has 1 saturated carbocycles. The van der Waals surface area contributed by atoms with Gasteiger partial charge in [0.15, 0.2) is 6.61 Å². The lowest BCUT2D eigenvalue weighted by atomic mass is 9.86. The van der Waals surface area contributed by atoms with Crippen LogP contribution in [0.5, 0.6) is 5.75 Å². The minimum atomic E-state index is -0.568. The quantitative estimate of drug-likeness (QED) is 0.834. The molecule has 0 aromatic heterocycles. The lowest BCUT2D eigenvalue weighted by Crippen LogP contribution is -2.42. The van der Waals surface area contributed by atoms with Crippen molar-refractivity contribution in [2.24, 2.45) is 5.92 Å². The summed E-state index contributed by atoms with van der Waals surface area (Å²) in [6.07, 6.45) is 4.45. The van der Waals surface area contributed by atoms with Gasteiger partial charge in [-0.1, -0.05) is 19.8 Å². The third-order valence-electron chi connectivity index (χ3n) is 3.90. The van der Waals surface area contributed by atoms with Crippen molar-refractivity contribution in [2.75, 3.05) is 6.61 Å². The fourth-order valence-electron chi connectivity index (χ4n) is 2.59. The Hall–Kier alpha value is -2.04. The molecule has 2 atom stereocenters. The normalized spacial score (nSPS) is 21.6. The molecular weight excluding hydrogens is 270 g/mol. The summed E-state index contributed by atoms with van der Waals surface area (Å²) in [6, 6.07) is 5.90. The first-order chi connectivity index (χ1) is 10.1. The van der Waals surface area contributed by atoms with E-state index in [-0.39, 0.29) is 24.3 Å². The Morgan fingerprint density at radius 1 is 1.24 bits per heavy atom. The highest BCUT2D eigenvalue weighted by Crippen LogP contribution is 2.23. The van der Waals surface area contributed by atoms with Crippen LogP contribution in [-0.2, 0) is 9.53 Å². The Morgan fingerprint density at radius 2 is 1.90 bits per heavy atom. The molecule has 1 amide bonds. The lowest BCUT2D eigenvalue weighted by Gasteiger charge is -2.29. The first kappa shape index (κ1) is 15.4. The largest absolute Gasteiger partial charge is 0.508 e. The fraction of sp³-hybridized carbons (Fsp3) is 0.500. The van der Waals surface area contributed by atoms with E-state index in [0.717, 1.165) is 19.3 Å². The van der Waals surface area contributed by atoms with Crippen LogP contribution < -0.4 is 5.32 Å². The van der Waals surface area contributed by atoms with Crippen LogP contribution in [0, 0.1) is 5.92 Å². The molecule has 0 heterocycles. The first-order valence-corrected chi connectivity index (χ1v) is 7.32. The van der Waals surface area contributed by atoms with Gasteiger partial charge in [-0.3, -0.25) is 4.79 Å². The Balaban J connectivity index is 1.78. The zero-order chi connectivity index (χ0) is 15.2. The number of phenolic OH excluding ortho intramolecular Hbond substituents is 1. The Bertz CT molecular complexity index is 498. The second kappa shape index (κ2) is 7.11. The first-order valence-electron chi connectivity index (χ1n) is 7.32. The lowest BCUT2D eigenvalue weighted by molar-refractivity contribution is -0.125. The summed E-state index contributed by atoms with van der Waals surface area (Å²) in [4.78, 5) is 23.6. The Kier molecular flexibility index (Phi) is 5.20. The third-order valence-corrected chi connectivity index (χ3v) is 3.90. The molecule has 1 aliphatic carbocycles. The number of rotatable bonds is 4. The van der Waals surface area contributed by atoms with Gasteiger partial charge in [-0.15, -0.1) is 0 Å². The van der Waals surface area contributed by atoms with E-state index < -0.39 is 5.97 Å². The molecule has 5 heteroatoms. The summed E-state index contributed by atoms with van der Waals surface area (Å²) >= 11 is 0. The molecule has 1 fully saturated rings. The summed E-state index contributed by atoms with van der Waals surface area (Å²) in [5, 5.41) is 12.1. The molecule has 5 nitrogen and oxygen atoms in total. The van der Waals surface area contributed by atoms with E-state index in [2.05, 4.69) is 12.2 Å². The maximum atomic E-state index is 11.8. The van der Waals surface area contributed by atoms with E-state index in [1.807, 2.05) is 0 Å². The molecule has 0 bridgehead atoms. The van der Waals surface area contributed by atoms with Gasteiger partial charge in [0.2, 0.25) is 0 Å². The number of hydrogen-bond donors (Lipinski definition) is 2. The van der Waals surface area contributed by atoms with Crippen LogP contribution in [0.15, 0.2) is 24.3 Å². The van der Waals surface area contributed by atoms with Gasteiger partial charge in [0.05, 0.1) is 5.56 Å². The van der Waals surface area contributed by atoms with Crippen molar-refractivity contribution in [1.29, 1.82) is 0 Å². The van der Waals surface area contributed by atoms with Crippen molar-refractivity contribution in [2.45, 2.75) is 38.6 Å². The second-order valence-corrected chi connectivity index (χ2v) is 5.56. The van der Waals surface area contributed by atoms with Crippen LogP contribution in [0.4, 0.5) is 0 Å². The van der Waals surface area contributed by atoms with Crippen molar-refractivity contribution in [1.82, 2.24) is 5.32 Å². The number of ether oxygens (including phenoxy) is 1. The highest BCUT2D eigenvalue weighted by molar-refractivity contribution is 5.91. The summed E-state index contributed by atoms with van der Waals surface area (Å²) in [6.45, 7) is 1.86. The number of benzene rings is 1. The van der Waals surface area contributed by atoms with Gasteiger partial charge in [-0.2, -0.15) is 0 Å². The van der Waals surface area contributed by atoms with E-state index in [0.29, 0.717) is 11.5 Å². The predicted octanol–water partition coefficient (Wildman–Crippen LogP) is 2.24. The predicted molar refractivity (Wildman–Crippen MR) is 78.0 cm³/mol. The Labute approximate surface area is 124 Å². The summed E-state index contributed by atoms with van der Waals surface area (Å²) < 4.78 is 4.97. The van der Waals surface area contributed by atoms with Crippen LogP contribution in [0.1, 0.15) is 43.0 Å². The standard InChI is InChI=1S/C16H21NO4/c1-11-4-2-3-5-14(11)17-15(19)10-21-16(20)12-6-8-13(18)9-7-12/h6-9,11,14,18H,2-5,10H2,1H3,(H,17,19). The van der Waals surface area contributed by atoms with Crippen molar-refractivity contribution >= 4 is 11.9 Å². The molecule has 21 heavy (non-hydrogen) atoms. The van der Waals surface area contributed by atoms with Crippen molar-refractivity contribution < 1.29 is 19.4 Å². The van der Waals surface area contributed by atoms with Gasteiger partial charge in [0, 0.05) is 6.04 Å². The molecule has 0 spiro atoms. The monoisotopic (exact) mass is 291 g/mol. The van der Waals surface area contributed by atoms with Crippen LogP contribution >= 0.6 is 0 Å². The number of carbonyl (C=O) groups is 2. The zero-order valence-corrected chi connectivity index (χ0v) is 12.2. The zero-order valence-electron chi connectivity index (χ0n) is 12.2. The SMILES string of the molecule is CC1CCCCC1NC(=O)COC(=O)c1ccc(O)cc1. The Morgan fingerprint density at radius 3 is 2.57 bits per heavy atom. The number of esters is 1. The molecule has 2 rings (SSSR count). The van der Waals surface area contributed by atoms with E-state index in [4.69, 9.17) is 9.84 Å². The minimum absolute atomic E-state index is 0.0792. The summed E-state index contributed by atoms with van der Waals surface area (Å²) in [5.74, 6) is -0.284. The molecule has 2 unspecified atom stereocenters. The number of phenols is 1. The van der Waals surface area contributed by atoms with Crippen LogP contribution in [0.3, 0.4) is 0 Å². The minimum Gasteiger partial charge on any atom is -0.508 e. The second-order valence-electron chi connectivity index (χ2n) is 5.56. The van der Waals surface area contributed by atoms with Gasteiger partial charge >= 0.3 is 5.97 Å². The maximum Gasteiger partial charge on any atom is 0.338 e. The number of aromatic hydroxyl groups is 1. The van der Waals surface area contributed by atoms with Crippen molar-refractivity contribution in [3.05, 3.63) is 29.8 Å². The molecular formula is C16H21NO4. The molecule has 0 saturated heterocycles. The average molecular weight is 291 g/mol. The van der Waals surface area contributed by atoms with Gasteiger partial charge in [-0.25, -0.2) is 4.79 Å². The van der Waals surface area contributed by atoms with E-state index in [9.17, 15) is 9.59 Å². The number of amides is 1. The van der Waals surface area contributed by atoms with E-state index in [1.54, 1.807) is 0 Å². The smallest absolute Gasteiger partial charge is 0.338 e. The van der Waals surface area contributed by atoms with Crippen molar-refractivity contribution in [3.63, 3.8) is 0 Å². The van der Waals surface area contributed by atoms with Gasteiger partial charge in [0.25, 0.3) is 5.91 Å². The van der Waals surface area contributed by atoms with E-state index in [1.165, 1.54) is 30.7 Å². The molecule has 2 N–H and O–H groups in total. The molecule has 1 aromatic carbocycles. The number of hydrogen-bond acceptors (Lipinski definition) is 4. The van der Waals surface area contributed by atoms with Crippen molar-refractivity contribution in [3.8, 4) is 5.75 Å².